The molecule has 0 radical (unpaired) electrons. The van der Waals surface area contributed by atoms with Gasteiger partial charge in [0.1, 0.15) is 0 Å². The maximum atomic E-state index is 12.4. The summed E-state index contributed by atoms with van der Waals surface area (Å²) in [6.45, 7) is 4.51. The van der Waals surface area contributed by atoms with Crippen LogP contribution in [-0.2, 0) is 0 Å². The first-order chi connectivity index (χ1) is 9.49. The smallest absolute Gasteiger partial charge is 0.253 e. The lowest BCUT2D eigenvalue weighted by Crippen LogP contribution is -2.40. The Bertz CT molecular complexity index is 479. The zero-order chi connectivity index (χ0) is 14.7. The Kier molecular flexibility index (Phi) is 4.92. The molecule has 4 heteroatoms. The second-order valence-corrected chi connectivity index (χ2v) is 6.46. The van der Waals surface area contributed by atoms with Gasteiger partial charge in [-0.2, -0.15) is 0 Å². The molecule has 1 amide bonds. The Hall–Kier alpha value is -1.22. The quantitative estimate of drug-likeness (QED) is 0.886. The lowest BCUT2D eigenvalue weighted by molar-refractivity contribution is 0.0912. The molecule has 3 nitrogen and oxygen atoms in total. The minimum Gasteiger partial charge on any atom is -0.387 e. The highest BCUT2D eigenvalue weighted by Gasteiger charge is 2.25. The molecule has 2 unspecified atom stereocenters. The van der Waals surface area contributed by atoms with Crippen molar-refractivity contribution in [2.45, 2.75) is 39.2 Å². The van der Waals surface area contributed by atoms with Crippen LogP contribution in [0, 0.1) is 11.8 Å². The molecule has 1 aromatic rings. The van der Waals surface area contributed by atoms with E-state index in [1.165, 1.54) is 6.42 Å². The third-order valence-corrected chi connectivity index (χ3v) is 4.24. The Morgan fingerprint density at radius 1 is 1.20 bits per heavy atom. The van der Waals surface area contributed by atoms with Crippen LogP contribution in [0.5, 0.6) is 0 Å². The molecule has 110 valence electrons. The van der Waals surface area contributed by atoms with Gasteiger partial charge in [0, 0.05) is 23.8 Å². The van der Waals surface area contributed by atoms with E-state index in [1.54, 1.807) is 12.1 Å². The van der Waals surface area contributed by atoms with E-state index in [4.69, 9.17) is 11.6 Å². The fourth-order valence-electron chi connectivity index (χ4n) is 3.25. The molecule has 0 aromatic heterocycles. The highest BCUT2D eigenvalue weighted by atomic mass is 35.5. The van der Waals surface area contributed by atoms with Gasteiger partial charge in [0.05, 0.1) is 5.56 Å². The molecular weight excluding hydrogens is 272 g/mol. The van der Waals surface area contributed by atoms with Crippen LogP contribution >= 0.6 is 11.6 Å². The van der Waals surface area contributed by atoms with Crippen molar-refractivity contribution in [1.82, 2.24) is 5.32 Å². The summed E-state index contributed by atoms with van der Waals surface area (Å²) in [7, 11) is 1.81. The van der Waals surface area contributed by atoms with Crippen molar-refractivity contribution in [2.75, 3.05) is 12.4 Å². The molecule has 1 fully saturated rings. The monoisotopic (exact) mass is 294 g/mol. The van der Waals surface area contributed by atoms with Gasteiger partial charge in [0.2, 0.25) is 0 Å². The van der Waals surface area contributed by atoms with Gasteiger partial charge < -0.3 is 10.6 Å². The molecule has 1 aromatic carbocycles. The van der Waals surface area contributed by atoms with Crippen molar-refractivity contribution in [3.8, 4) is 0 Å². The molecule has 0 spiro atoms. The number of benzene rings is 1. The third-order valence-electron chi connectivity index (χ3n) is 4.01. The largest absolute Gasteiger partial charge is 0.387 e. The minimum absolute atomic E-state index is 0.0387. The van der Waals surface area contributed by atoms with E-state index < -0.39 is 0 Å². The number of rotatable bonds is 3. The molecule has 0 bridgehead atoms. The summed E-state index contributed by atoms with van der Waals surface area (Å²) in [6, 6.07) is 5.61. The summed E-state index contributed by atoms with van der Waals surface area (Å²) in [6.07, 6.45) is 3.38. The lowest BCUT2D eigenvalue weighted by atomic mass is 9.80. The van der Waals surface area contributed by atoms with Gasteiger partial charge in [0.25, 0.3) is 5.91 Å². The summed E-state index contributed by atoms with van der Waals surface area (Å²) in [5.74, 6) is 1.31. The standard InChI is InChI=1S/C16H23ClN2O/c1-10-6-11(2)8-13(7-10)19-16(20)14-9-12(17)4-5-15(14)18-3/h4-5,9-11,13,18H,6-8H2,1-3H3,(H,19,20). The molecule has 0 heterocycles. The number of anilines is 1. The Balaban J connectivity index is 2.10. The number of hydrogen-bond donors (Lipinski definition) is 2. The molecule has 2 N–H and O–H groups in total. The van der Waals surface area contributed by atoms with E-state index in [1.807, 2.05) is 13.1 Å². The summed E-state index contributed by atoms with van der Waals surface area (Å²) in [5.41, 5.74) is 1.43. The second kappa shape index (κ2) is 6.49. The topological polar surface area (TPSA) is 41.1 Å². The van der Waals surface area contributed by atoms with E-state index in [0.717, 1.165) is 18.5 Å². The number of halogens is 1. The molecular formula is C16H23ClN2O. The molecule has 2 rings (SSSR count). The average molecular weight is 295 g/mol. The van der Waals surface area contributed by atoms with Crippen LogP contribution in [0.3, 0.4) is 0 Å². The molecule has 0 aliphatic heterocycles. The fraction of sp³-hybridized carbons (Fsp3) is 0.562. The molecule has 2 atom stereocenters. The summed E-state index contributed by atoms with van der Waals surface area (Å²) >= 11 is 6.00. The maximum absolute atomic E-state index is 12.4. The first kappa shape index (κ1) is 15.2. The zero-order valence-electron chi connectivity index (χ0n) is 12.4. The van der Waals surface area contributed by atoms with Gasteiger partial charge in [-0.3, -0.25) is 4.79 Å². The van der Waals surface area contributed by atoms with Crippen molar-refractivity contribution in [1.29, 1.82) is 0 Å². The zero-order valence-corrected chi connectivity index (χ0v) is 13.1. The van der Waals surface area contributed by atoms with Crippen LogP contribution in [-0.4, -0.2) is 19.0 Å². The molecule has 0 saturated heterocycles. The van der Waals surface area contributed by atoms with Crippen LogP contribution in [0.25, 0.3) is 0 Å². The number of amides is 1. The lowest BCUT2D eigenvalue weighted by Gasteiger charge is -2.32. The minimum atomic E-state index is -0.0387. The molecule has 20 heavy (non-hydrogen) atoms. The van der Waals surface area contributed by atoms with E-state index in [0.29, 0.717) is 22.4 Å². The number of nitrogens with one attached hydrogen (secondary N) is 2. The van der Waals surface area contributed by atoms with Crippen molar-refractivity contribution in [3.63, 3.8) is 0 Å². The molecule has 1 saturated carbocycles. The van der Waals surface area contributed by atoms with Crippen molar-refractivity contribution in [2.24, 2.45) is 11.8 Å². The highest BCUT2D eigenvalue weighted by Crippen LogP contribution is 2.29. The number of hydrogen-bond acceptors (Lipinski definition) is 2. The number of carbonyl (C=O) groups excluding carboxylic acids is 1. The summed E-state index contributed by atoms with van der Waals surface area (Å²) in [5, 5.41) is 6.78. The van der Waals surface area contributed by atoms with Gasteiger partial charge in [-0.05, 0) is 49.3 Å². The van der Waals surface area contributed by atoms with Gasteiger partial charge in [-0.25, -0.2) is 0 Å². The van der Waals surface area contributed by atoms with E-state index in [-0.39, 0.29) is 11.9 Å². The van der Waals surface area contributed by atoms with E-state index in [2.05, 4.69) is 24.5 Å². The van der Waals surface area contributed by atoms with Gasteiger partial charge >= 0.3 is 0 Å². The van der Waals surface area contributed by atoms with Crippen LogP contribution in [0.2, 0.25) is 5.02 Å². The van der Waals surface area contributed by atoms with Crippen molar-refractivity contribution >= 4 is 23.2 Å². The summed E-state index contributed by atoms with van der Waals surface area (Å²) < 4.78 is 0. The van der Waals surface area contributed by atoms with Crippen molar-refractivity contribution < 1.29 is 4.79 Å². The Labute approximate surface area is 126 Å². The SMILES string of the molecule is CNc1ccc(Cl)cc1C(=O)NC1CC(C)CC(C)C1. The van der Waals surface area contributed by atoms with Gasteiger partial charge in [-0.1, -0.05) is 25.4 Å². The predicted molar refractivity (Wildman–Crippen MR) is 84.4 cm³/mol. The third kappa shape index (κ3) is 3.66. The maximum Gasteiger partial charge on any atom is 0.253 e. The average Bonchev–Trinajstić information content (AvgIpc) is 2.37. The normalized spacial score (nSPS) is 26.1. The highest BCUT2D eigenvalue weighted by molar-refractivity contribution is 6.31. The van der Waals surface area contributed by atoms with E-state index in [9.17, 15) is 4.79 Å². The first-order valence-electron chi connectivity index (χ1n) is 7.27. The van der Waals surface area contributed by atoms with Crippen LogP contribution in [0.1, 0.15) is 43.5 Å². The number of carbonyl (C=O) groups is 1. The van der Waals surface area contributed by atoms with Gasteiger partial charge in [-0.15, -0.1) is 0 Å². The van der Waals surface area contributed by atoms with Crippen LogP contribution in [0.4, 0.5) is 5.69 Å². The second-order valence-electron chi connectivity index (χ2n) is 6.03. The molecule has 1 aliphatic rings. The molecule has 1 aliphatic carbocycles. The predicted octanol–water partition coefficient (Wildman–Crippen LogP) is 3.94. The van der Waals surface area contributed by atoms with Crippen LogP contribution < -0.4 is 10.6 Å². The summed E-state index contributed by atoms with van der Waals surface area (Å²) in [4.78, 5) is 12.4. The van der Waals surface area contributed by atoms with Crippen LogP contribution in [0.15, 0.2) is 18.2 Å². The first-order valence-corrected chi connectivity index (χ1v) is 7.65. The Morgan fingerprint density at radius 3 is 2.45 bits per heavy atom. The Morgan fingerprint density at radius 2 is 1.85 bits per heavy atom. The van der Waals surface area contributed by atoms with E-state index >= 15 is 0 Å². The van der Waals surface area contributed by atoms with Crippen molar-refractivity contribution in [3.05, 3.63) is 28.8 Å². The fourth-order valence-corrected chi connectivity index (χ4v) is 3.42. The van der Waals surface area contributed by atoms with Gasteiger partial charge in [0.15, 0.2) is 0 Å².